The number of hydrogen-bond acceptors (Lipinski definition) is 2. The lowest BCUT2D eigenvalue weighted by Gasteiger charge is -2.01. The predicted molar refractivity (Wildman–Crippen MR) is 54.8 cm³/mol. The summed E-state index contributed by atoms with van der Waals surface area (Å²) in [6.07, 6.45) is 3.42. The maximum Gasteiger partial charge on any atom is 0.137 e. The normalized spacial score (nSPS) is 10.1. The number of halogens is 1. The molecular weight excluding hydrogens is 197 g/mol. The molecule has 0 aliphatic carbocycles. The van der Waals surface area contributed by atoms with Crippen molar-refractivity contribution in [2.75, 3.05) is 0 Å². The molecule has 0 aliphatic heterocycles. The van der Waals surface area contributed by atoms with Crippen molar-refractivity contribution in [2.24, 2.45) is 0 Å². The van der Waals surface area contributed by atoms with E-state index in [-0.39, 0.29) is 5.82 Å². The van der Waals surface area contributed by atoms with Crippen molar-refractivity contribution in [1.29, 1.82) is 0 Å². The van der Waals surface area contributed by atoms with Gasteiger partial charge in [0.1, 0.15) is 5.82 Å². The standard InChI is InChI=1S/C11H8FNS/c12-10-5-1-2-6-11(10)14-9-4-3-7-13-8-9/h1-8H. The highest BCUT2D eigenvalue weighted by Crippen LogP contribution is 2.28. The van der Waals surface area contributed by atoms with Crippen LogP contribution in [0.2, 0.25) is 0 Å². The van der Waals surface area contributed by atoms with Crippen LogP contribution < -0.4 is 0 Å². The summed E-state index contributed by atoms with van der Waals surface area (Å²) >= 11 is 1.38. The van der Waals surface area contributed by atoms with Gasteiger partial charge in [-0.15, -0.1) is 0 Å². The van der Waals surface area contributed by atoms with Crippen LogP contribution in [0.3, 0.4) is 0 Å². The molecule has 1 aromatic heterocycles. The van der Waals surface area contributed by atoms with Gasteiger partial charge in [-0.3, -0.25) is 4.98 Å². The Kier molecular flexibility index (Phi) is 2.79. The highest BCUT2D eigenvalue weighted by Gasteiger charge is 2.01. The van der Waals surface area contributed by atoms with Gasteiger partial charge in [0, 0.05) is 22.2 Å². The average molecular weight is 205 g/mol. The van der Waals surface area contributed by atoms with E-state index in [1.54, 1.807) is 24.5 Å². The minimum atomic E-state index is -0.193. The van der Waals surface area contributed by atoms with Gasteiger partial charge in [-0.1, -0.05) is 23.9 Å². The second kappa shape index (κ2) is 4.24. The van der Waals surface area contributed by atoms with Crippen LogP contribution in [0, 0.1) is 5.82 Å². The molecule has 0 bridgehead atoms. The van der Waals surface area contributed by atoms with E-state index in [0.29, 0.717) is 4.90 Å². The summed E-state index contributed by atoms with van der Waals surface area (Å²) in [5, 5.41) is 0. The summed E-state index contributed by atoms with van der Waals surface area (Å²) in [4.78, 5) is 5.53. The lowest BCUT2D eigenvalue weighted by atomic mass is 10.3. The molecule has 0 spiro atoms. The van der Waals surface area contributed by atoms with E-state index in [4.69, 9.17) is 0 Å². The summed E-state index contributed by atoms with van der Waals surface area (Å²) in [6.45, 7) is 0. The molecule has 0 fully saturated rings. The maximum atomic E-state index is 13.2. The molecule has 0 aliphatic rings. The first kappa shape index (κ1) is 9.21. The first-order chi connectivity index (χ1) is 6.86. The van der Waals surface area contributed by atoms with E-state index in [9.17, 15) is 4.39 Å². The summed E-state index contributed by atoms with van der Waals surface area (Å²) in [5.41, 5.74) is 0. The van der Waals surface area contributed by atoms with Crippen molar-refractivity contribution in [3.8, 4) is 0 Å². The van der Waals surface area contributed by atoms with Gasteiger partial charge in [0.15, 0.2) is 0 Å². The van der Waals surface area contributed by atoms with E-state index >= 15 is 0 Å². The van der Waals surface area contributed by atoms with Crippen LogP contribution in [-0.2, 0) is 0 Å². The predicted octanol–water partition coefficient (Wildman–Crippen LogP) is 3.37. The zero-order chi connectivity index (χ0) is 9.80. The highest BCUT2D eigenvalue weighted by atomic mass is 32.2. The van der Waals surface area contributed by atoms with Crippen molar-refractivity contribution in [1.82, 2.24) is 4.98 Å². The Morgan fingerprint density at radius 3 is 2.64 bits per heavy atom. The highest BCUT2D eigenvalue weighted by molar-refractivity contribution is 7.99. The molecule has 0 saturated heterocycles. The van der Waals surface area contributed by atoms with Crippen LogP contribution in [0.25, 0.3) is 0 Å². The third-order valence-electron chi connectivity index (χ3n) is 1.70. The van der Waals surface area contributed by atoms with Crippen molar-refractivity contribution >= 4 is 11.8 Å². The van der Waals surface area contributed by atoms with Crippen LogP contribution in [0.5, 0.6) is 0 Å². The van der Waals surface area contributed by atoms with Crippen LogP contribution in [0.15, 0.2) is 58.6 Å². The molecule has 0 amide bonds. The zero-order valence-corrected chi connectivity index (χ0v) is 8.17. The third kappa shape index (κ3) is 2.12. The van der Waals surface area contributed by atoms with Gasteiger partial charge in [-0.05, 0) is 24.3 Å². The summed E-state index contributed by atoms with van der Waals surface area (Å²) in [7, 11) is 0. The number of hydrogen-bond donors (Lipinski definition) is 0. The van der Waals surface area contributed by atoms with Crippen molar-refractivity contribution in [3.63, 3.8) is 0 Å². The van der Waals surface area contributed by atoms with Gasteiger partial charge in [-0.25, -0.2) is 4.39 Å². The second-order valence-corrected chi connectivity index (χ2v) is 3.84. The number of aromatic nitrogens is 1. The molecule has 0 unspecified atom stereocenters. The maximum absolute atomic E-state index is 13.2. The van der Waals surface area contributed by atoms with Crippen molar-refractivity contribution < 1.29 is 4.39 Å². The lowest BCUT2D eigenvalue weighted by Crippen LogP contribution is -1.80. The van der Waals surface area contributed by atoms with E-state index in [0.717, 1.165) is 4.90 Å². The molecule has 3 heteroatoms. The molecule has 0 N–H and O–H groups in total. The van der Waals surface area contributed by atoms with Gasteiger partial charge in [0.25, 0.3) is 0 Å². The quantitative estimate of drug-likeness (QED) is 0.745. The number of benzene rings is 1. The molecule has 14 heavy (non-hydrogen) atoms. The smallest absolute Gasteiger partial charge is 0.137 e. The average Bonchev–Trinajstić information content (AvgIpc) is 2.23. The van der Waals surface area contributed by atoms with E-state index in [2.05, 4.69) is 4.98 Å². The monoisotopic (exact) mass is 205 g/mol. The summed E-state index contributed by atoms with van der Waals surface area (Å²) in [6, 6.07) is 10.5. The first-order valence-electron chi connectivity index (χ1n) is 4.18. The van der Waals surface area contributed by atoms with Crippen LogP contribution >= 0.6 is 11.8 Å². The Morgan fingerprint density at radius 1 is 1.07 bits per heavy atom. The second-order valence-electron chi connectivity index (χ2n) is 2.72. The molecule has 2 aromatic rings. The molecule has 2 rings (SSSR count). The van der Waals surface area contributed by atoms with E-state index in [1.807, 2.05) is 18.2 Å². The Labute approximate surface area is 86.0 Å². The fraction of sp³-hybridized carbons (Fsp3) is 0. The van der Waals surface area contributed by atoms with Crippen LogP contribution in [-0.4, -0.2) is 4.98 Å². The molecule has 1 aromatic carbocycles. The Balaban J connectivity index is 2.24. The molecule has 1 heterocycles. The number of pyridine rings is 1. The minimum absolute atomic E-state index is 0.193. The molecule has 1 nitrogen and oxygen atoms in total. The van der Waals surface area contributed by atoms with Gasteiger partial charge in [0.05, 0.1) is 0 Å². The molecule has 70 valence electrons. The van der Waals surface area contributed by atoms with Gasteiger partial charge >= 0.3 is 0 Å². The fourth-order valence-electron chi connectivity index (χ4n) is 1.06. The topological polar surface area (TPSA) is 12.9 Å². The lowest BCUT2D eigenvalue weighted by molar-refractivity contribution is 0.602. The zero-order valence-electron chi connectivity index (χ0n) is 7.35. The van der Waals surface area contributed by atoms with E-state index < -0.39 is 0 Å². The number of nitrogens with zero attached hydrogens (tertiary/aromatic N) is 1. The summed E-state index contributed by atoms with van der Waals surface area (Å²) in [5.74, 6) is -0.193. The van der Waals surface area contributed by atoms with E-state index in [1.165, 1.54) is 17.8 Å². The number of rotatable bonds is 2. The molecule has 0 atom stereocenters. The summed E-state index contributed by atoms with van der Waals surface area (Å²) < 4.78 is 13.2. The fourth-order valence-corrected chi connectivity index (χ4v) is 1.89. The molecule has 0 saturated carbocycles. The SMILES string of the molecule is Fc1ccccc1Sc1cccnc1. The third-order valence-corrected chi connectivity index (χ3v) is 2.73. The van der Waals surface area contributed by atoms with Crippen LogP contribution in [0.1, 0.15) is 0 Å². The Bertz CT molecular complexity index is 417. The largest absolute Gasteiger partial charge is 0.264 e. The van der Waals surface area contributed by atoms with Gasteiger partial charge in [0.2, 0.25) is 0 Å². The molecule has 0 radical (unpaired) electrons. The first-order valence-corrected chi connectivity index (χ1v) is 5.00. The molecular formula is C11H8FNS. The minimum Gasteiger partial charge on any atom is -0.264 e. The Hall–Kier alpha value is -1.35. The van der Waals surface area contributed by atoms with Gasteiger partial charge in [-0.2, -0.15) is 0 Å². The van der Waals surface area contributed by atoms with Crippen molar-refractivity contribution in [3.05, 3.63) is 54.6 Å². The van der Waals surface area contributed by atoms with Crippen LogP contribution in [0.4, 0.5) is 4.39 Å². The Morgan fingerprint density at radius 2 is 1.93 bits per heavy atom. The van der Waals surface area contributed by atoms with Crippen molar-refractivity contribution in [2.45, 2.75) is 9.79 Å². The van der Waals surface area contributed by atoms with Gasteiger partial charge < -0.3 is 0 Å².